The summed E-state index contributed by atoms with van der Waals surface area (Å²) in [6.07, 6.45) is 0.788. The summed E-state index contributed by atoms with van der Waals surface area (Å²) in [6.45, 7) is 9.83. The number of aromatic nitrogens is 3. The molecule has 0 aliphatic carbocycles. The molecule has 3 aromatic rings. The Morgan fingerprint density at radius 2 is 1.91 bits per heavy atom. The molecule has 2 aliphatic heterocycles. The molecule has 0 spiro atoms. The van der Waals surface area contributed by atoms with Crippen LogP contribution in [0.5, 0.6) is 11.8 Å². The highest BCUT2D eigenvalue weighted by molar-refractivity contribution is 5.86. The maximum absolute atomic E-state index is 14.6. The minimum atomic E-state index is -0.378. The van der Waals surface area contributed by atoms with E-state index in [1.807, 2.05) is 19.1 Å². The summed E-state index contributed by atoms with van der Waals surface area (Å²) in [5.41, 5.74) is 7.78. The van der Waals surface area contributed by atoms with Gasteiger partial charge in [-0.1, -0.05) is 13.8 Å². The molecule has 9 nitrogen and oxygen atoms in total. The van der Waals surface area contributed by atoms with Crippen molar-refractivity contribution < 1.29 is 9.13 Å². The van der Waals surface area contributed by atoms with E-state index < -0.39 is 0 Å². The zero-order chi connectivity index (χ0) is 23.8. The average Bonchev–Trinajstić information content (AvgIpc) is 3.40. The topological polar surface area (TPSA) is 93.7 Å². The van der Waals surface area contributed by atoms with Gasteiger partial charge in [-0.05, 0) is 32.0 Å². The molecule has 5 rings (SSSR count). The van der Waals surface area contributed by atoms with Gasteiger partial charge in [0.05, 0.1) is 5.52 Å². The molecule has 2 fully saturated rings. The number of nitrogens with zero attached hydrogens (tertiary/aromatic N) is 5. The van der Waals surface area contributed by atoms with Gasteiger partial charge in [0.1, 0.15) is 17.4 Å². The summed E-state index contributed by atoms with van der Waals surface area (Å²) in [5.74, 6) is 2.53. The van der Waals surface area contributed by atoms with Gasteiger partial charge in [-0.25, -0.2) is 14.8 Å². The molecule has 1 unspecified atom stereocenters. The van der Waals surface area contributed by atoms with E-state index in [1.54, 1.807) is 6.07 Å². The second kappa shape index (κ2) is 9.19. The number of nitrogens with one attached hydrogen (secondary N) is 3. The fourth-order valence-electron chi connectivity index (χ4n) is 4.28. The van der Waals surface area contributed by atoms with E-state index in [1.165, 1.54) is 6.07 Å². The molecule has 1 atom stereocenters. The lowest BCUT2D eigenvalue weighted by molar-refractivity contribution is 0.311. The molecule has 3 N–H and O–H groups in total. The Kier molecular flexibility index (Phi) is 6.09. The van der Waals surface area contributed by atoms with Crippen LogP contribution in [0.3, 0.4) is 0 Å². The fraction of sp³-hybridized carbons (Fsp3) is 0.458. The van der Waals surface area contributed by atoms with Gasteiger partial charge < -0.3 is 24.9 Å². The number of piperazine rings is 1. The molecule has 10 heteroatoms. The van der Waals surface area contributed by atoms with Crippen LogP contribution in [0.2, 0.25) is 0 Å². The van der Waals surface area contributed by atoms with Gasteiger partial charge in [-0.15, -0.1) is 0 Å². The number of aromatic amines is 1. The summed E-state index contributed by atoms with van der Waals surface area (Å²) >= 11 is 0. The summed E-state index contributed by atoms with van der Waals surface area (Å²) in [5, 5.41) is 0.740. The fourth-order valence-corrected chi connectivity index (χ4v) is 4.28. The Morgan fingerprint density at radius 1 is 1.12 bits per heavy atom. The Bertz CT molecular complexity index is 1220. The van der Waals surface area contributed by atoms with Crippen molar-refractivity contribution in [1.29, 1.82) is 0 Å². The lowest BCUT2D eigenvalue weighted by atomic mass is 10.0. The van der Waals surface area contributed by atoms with Crippen molar-refractivity contribution in [2.45, 2.75) is 33.2 Å². The third-order valence-corrected chi connectivity index (χ3v) is 6.37. The van der Waals surface area contributed by atoms with E-state index >= 15 is 0 Å². The molecule has 0 bridgehead atoms. The first kappa shape index (κ1) is 22.5. The molecule has 0 radical (unpaired) electrons. The van der Waals surface area contributed by atoms with Crippen LogP contribution in [-0.2, 0) is 0 Å². The lowest BCUT2D eigenvalue weighted by Crippen LogP contribution is -2.44. The van der Waals surface area contributed by atoms with E-state index in [0.29, 0.717) is 29.0 Å². The van der Waals surface area contributed by atoms with Crippen LogP contribution in [0.1, 0.15) is 26.0 Å². The monoisotopic (exact) mass is 466 g/mol. The first-order valence-corrected chi connectivity index (χ1v) is 11.7. The third kappa shape index (κ3) is 4.83. The highest BCUT2D eigenvalue weighted by atomic mass is 19.1. The van der Waals surface area contributed by atoms with Crippen LogP contribution in [0.25, 0.3) is 10.9 Å². The predicted octanol–water partition coefficient (Wildman–Crippen LogP) is 3.50. The summed E-state index contributed by atoms with van der Waals surface area (Å²) in [6, 6.07) is 7.37. The van der Waals surface area contributed by atoms with Gasteiger partial charge in [0.2, 0.25) is 0 Å². The number of halogens is 1. The van der Waals surface area contributed by atoms with Crippen LogP contribution < -0.4 is 20.5 Å². The smallest absolute Gasteiger partial charge is 0.326 e. The molecule has 0 saturated carbocycles. The normalized spacial score (nSPS) is 20.5. The maximum Gasteiger partial charge on any atom is 0.326 e. The van der Waals surface area contributed by atoms with E-state index in [-0.39, 0.29) is 11.8 Å². The quantitative estimate of drug-likeness (QED) is 0.530. The number of hydrogen-bond acceptors (Lipinski definition) is 7. The van der Waals surface area contributed by atoms with Gasteiger partial charge in [-0.3, -0.25) is 0 Å². The van der Waals surface area contributed by atoms with Crippen molar-refractivity contribution in [2.24, 2.45) is 10.9 Å². The van der Waals surface area contributed by atoms with Crippen LogP contribution in [0.15, 0.2) is 29.3 Å². The van der Waals surface area contributed by atoms with Crippen LogP contribution >= 0.6 is 0 Å². The Morgan fingerprint density at radius 3 is 2.65 bits per heavy atom. The second-order valence-corrected chi connectivity index (χ2v) is 9.46. The van der Waals surface area contributed by atoms with Gasteiger partial charge >= 0.3 is 6.01 Å². The highest BCUT2D eigenvalue weighted by Gasteiger charge is 2.23. The largest absolute Gasteiger partial charge is 0.424 e. The second-order valence-electron chi connectivity index (χ2n) is 9.46. The van der Waals surface area contributed by atoms with Gasteiger partial charge in [0.15, 0.2) is 11.6 Å². The van der Waals surface area contributed by atoms with Crippen LogP contribution in [-0.4, -0.2) is 65.0 Å². The molecule has 180 valence electrons. The minimum Gasteiger partial charge on any atom is -0.424 e. The molecule has 1 aromatic carbocycles. The number of likely N-dealkylation sites (N-methyl/N-ethyl adjacent to an activating group) is 1. The van der Waals surface area contributed by atoms with Crippen molar-refractivity contribution >= 4 is 28.4 Å². The Hall–Kier alpha value is -3.24. The molecule has 4 heterocycles. The number of fused-ring (bicyclic) bond motifs is 1. The third-order valence-electron chi connectivity index (χ3n) is 6.37. The zero-order valence-electron chi connectivity index (χ0n) is 20.0. The SMILES string of the molecule is Cc1cc2cc(Oc3nc(N=C4CC(C(C)C)NN4)cc(N4CCN(C)CC4)n3)cc(F)c2[nH]1. The first-order chi connectivity index (χ1) is 16.3. The van der Waals surface area contributed by atoms with Gasteiger partial charge in [-0.2, -0.15) is 9.97 Å². The molecule has 34 heavy (non-hydrogen) atoms. The first-order valence-electron chi connectivity index (χ1n) is 11.7. The summed E-state index contributed by atoms with van der Waals surface area (Å²) in [4.78, 5) is 21.4. The standard InChI is InChI=1S/C24H31FN8O/c1-14(2)19-12-21(31-30-19)27-20-13-22(33-7-5-32(4)6-8-33)29-24(28-20)34-17-10-16-9-15(3)26-23(16)18(25)11-17/h9-11,13-14,19,26,30H,5-8,12H2,1-4H3,(H,27,28,29,31). The Balaban J connectivity index is 1.47. The van der Waals surface area contributed by atoms with E-state index in [4.69, 9.17) is 9.73 Å². The number of aryl methyl sites for hydroxylation is 1. The number of benzene rings is 1. The number of H-pyrrole nitrogens is 1. The average molecular weight is 467 g/mol. The number of hydrogen-bond donors (Lipinski definition) is 3. The number of hydrazine groups is 1. The minimum absolute atomic E-state index is 0.146. The molecule has 2 saturated heterocycles. The number of amidine groups is 1. The predicted molar refractivity (Wildman–Crippen MR) is 131 cm³/mol. The van der Waals surface area contributed by atoms with E-state index in [0.717, 1.165) is 55.3 Å². The van der Waals surface area contributed by atoms with E-state index in [9.17, 15) is 4.39 Å². The van der Waals surface area contributed by atoms with Gasteiger partial charge in [0, 0.05) is 61.9 Å². The van der Waals surface area contributed by atoms with Crippen molar-refractivity contribution in [3.63, 3.8) is 0 Å². The Labute approximate surface area is 198 Å². The molecule has 0 amide bonds. The van der Waals surface area contributed by atoms with Crippen LogP contribution in [0.4, 0.5) is 16.0 Å². The number of ether oxygens (including phenoxy) is 1. The van der Waals surface area contributed by atoms with Crippen molar-refractivity contribution in [3.8, 4) is 11.8 Å². The number of aliphatic imine (C=N–C) groups is 1. The number of anilines is 1. The molecular formula is C24H31FN8O. The zero-order valence-corrected chi connectivity index (χ0v) is 20.0. The molecular weight excluding hydrogens is 435 g/mol. The van der Waals surface area contributed by atoms with E-state index in [2.05, 4.69) is 56.5 Å². The molecule has 2 aliphatic rings. The maximum atomic E-state index is 14.6. The number of rotatable bonds is 5. The molecule has 2 aromatic heterocycles. The summed E-state index contributed by atoms with van der Waals surface area (Å²) in [7, 11) is 2.11. The highest BCUT2D eigenvalue weighted by Crippen LogP contribution is 2.30. The van der Waals surface area contributed by atoms with Crippen molar-refractivity contribution in [1.82, 2.24) is 30.7 Å². The van der Waals surface area contributed by atoms with Crippen LogP contribution in [0, 0.1) is 18.7 Å². The van der Waals surface area contributed by atoms with Crippen molar-refractivity contribution in [3.05, 3.63) is 35.8 Å². The van der Waals surface area contributed by atoms with Gasteiger partial charge in [0.25, 0.3) is 0 Å². The van der Waals surface area contributed by atoms with Crippen molar-refractivity contribution in [2.75, 3.05) is 38.1 Å². The summed E-state index contributed by atoms with van der Waals surface area (Å²) < 4.78 is 20.6. The lowest BCUT2D eigenvalue weighted by Gasteiger charge is -2.33.